The average molecular weight is 282 g/mol. The topological polar surface area (TPSA) is 60.1 Å². The van der Waals surface area contributed by atoms with Gasteiger partial charge in [0, 0.05) is 22.7 Å². The zero-order chi connectivity index (χ0) is 12.5. The van der Waals surface area contributed by atoms with Gasteiger partial charge in [0.05, 0.1) is 5.52 Å². The normalized spacial score (nSPS) is 10.9. The first-order valence-corrected chi connectivity index (χ1v) is 6.42. The van der Waals surface area contributed by atoms with E-state index in [1.807, 2.05) is 5.38 Å². The lowest BCUT2D eigenvalue weighted by Crippen LogP contribution is -2.18. The molecule has 0 aliphatic rings. The van der Waals surface area contributed by atoms with Gasteiger partial charge in [-0.2, -0.15) is 0 Å². The van der Waals surface area contributed by atoms with E-state index in [0.717, 1.165) is 5.13 Å². The standard InChI is InChI=1S/C11H8ClN3O2S/c12-7-1-2-8-9(5-7)17-11(16)15(8)6-14-10-13-3-4-18-10/h1-5H,6H2,(H,13,14). The minimum atomic E-state index is -0.420. The summed E-state index contributed by atoms with van der Waals surface area (Å²) in [5.74, 6) is -0.420. The second-order valence-corrected chi connectivity index (χ2v) is 4.91. The number of nitrogens with zero attached hydrogens (tertiary/aromatic N) is 2. The molecule has 0 bridgehead atoms. The Morgan fingerprint density at radius 2 is 2.39 bits per heavy atom. The molecule has 0 fully saturated rings. The summed E-state index contributed by atoms with van der Waals surface area (Å²) in [5, 5.41) is 6.20. The molecule has 0 aliphatic heterocycles. The average Bonchev–Trinajstić information content (AvgIpc) is 2.93. The summed E-state index contributed by atoms with van der Waals surface area (Å²) >= 11 is 7.31. The highest BCUT2D eigenvalue weighted by atomic mass is 35.5. The third-order valence-electron chi connectivity index (χ3n) is 2.45. The van der Waals surface area contributed by atoms with Crippen molar-refractivity contribution in [3.8, 4) is 0 Å². The predicted molar refractivity (Wildman–Crippen MR) is 71.2 cm³/mol. The number of hydrogen-bond acceptors (Lipinski definition) is 5. The molecular weight excluding hydrogens is 274 g/mol. The molecule has 0 saturated heterocycles. The van der Waals surface area contributed by atoms with Crippen LogP contribution in [-0.2, 0) is 6.67 Å². The highest BCUT2D eigenvalue weighted by molar-refractivity contribution is 7.13. The van der Waals surface area contributed by atoms with E-state index in [4.69, 9.17) is 16.0 Å². The van der Waals surface area contributed by atoms with Gasteiger partial charge in [0.15, 0.2) is 10.7 Å². The summed E-state index contributed by atoms with van der Waals surface area (Å²) in [6.07, 6.45) is 1.70. The molecule has 92 valence electrons. The fourth-order valence-corrected chi connectivity index (χ4v) is 2.33. The van der Waals surface area contributed by atoms with Gasteiger partial charge in [-0.05, 0) is 12.1 Å². The molecule has 0 radical (unpaired) electrons. The predicted octanol–water partition coefficient (Wildman–Crippen LogP) is 2.77. The van der Waals surface area contributed by atoms with Crippen molar-refractivity contribution in [2.45, 2.75) is 6.67 Å². The Morgan fingerprint density at radius 1 is 1.50 bits per heavy atom. The minimum absolute atomic E-state index is 0.307. The van der Waals surface area contributed by atoms with Crippen LogP contribution in [0.15, 0.2) is 39.0 Å². The molecule has 0 atom stereocenters. The van der Waals surface area contributed by atoms with Crippen LogP contribution in [0.1, 0.15) is 0 Å². The van der Waals surface area contributed by atoms with E-state index in [9.17, 15) is 4.79 Å². The second-order valence-electron chi connectivity index (χ2n) is 3.58. The number of oxazole rings is 1. The molecule has 2 heterocycles. The van der Waals surface area contributed by atoms with E-state index in [-0.39, 0.29) is 0 Å². The number of hydrogen-bond donors (Lipinski definition) is 1. The van der Waals surface area contributed by atoms with Gasteiger partial charge in [-0.3, -0.25) is 4.57 Å². The largest absolute Gasteiger partial charge is 0.421 e. The van der Waals surface area contributed by atoms with Crippen LogP contribution in [0.5, 0.6) is 0 Å². The Labute approximate surface area is 111 Å². The van der Waals surface area contributed by atoms with Gasteiger partial charge in [-0.15, -0.1) is 11.3 Å². The molecule has 1 N–H and O–H groups in total. The maximum absolute atomic E-state index is 11.7. The lowest BCUT2D eigenvalue weighted by atomic mass is 10.3. The molecule has 0 spiro atoms. The molecule has 18 heavy (non-hydrogen) atoms. The summed E-state index contributed by atoms with van der Waals surface area (Å²) in [7, 11) is 0. The van der Waals surface area contributed by atoms with E-state index in [1.165, 1.54) is 15.9 Å². The number of halogens is 1. The van der Waals surface area contributed by atoms with Gasteiger partial charge in [-0.1, -0.05) is 11.6 Å². The molecule has 1 aromatic carbocycles. The number of aromatic nitrogens is 2. The van der Waals surface area contributed by atoms with Crippen molar-refractivity contribution in [1.82, 2.24) is 9.55 Å². The van der Waals surface area contributed by atoms with E-state index in [0.29, 0.717) is 22.8 Å². The SMILES string of the molecule is O=c1oc2cc(Cl)ccc2n1CNc1nccs1. The minimum Gasteiger partial charge on any atom is -0.408 e. The summed E-state index contributed by atoms with van der Waals surface area (Å²) < 4.78 is 6.61. The van der Waals surface area contributed by atoms with Crippen LogP contribution < -0.4 is 11.1 Å². The third-order valence-corrected chi connectivity index (χ3v) is 3.42. The fourth-order valence-electron chi connectivity index (χ4n) is 1.65. The summed E-state index contributed by atoms with van der Waals surface area (Å²) in [5.41, 5.74) is 1.18. The highest BCUT2D eigenvalue weighted by Gasteiger charge is 2.09. The first-order valence-electron chi connectivity index (χ1n) is 5.16. The summed E-state index contributed by atoms with van der Waals surface area (Å²) in [6, 6.07) is 5.10. The maximum Gasteiger partial charge on any atom is 0.421 e. The van der Waals surface area contributed by atoms with Gasteiger partial charge in [0.25, 0.3) is 0 Å². The number of thiazole rings is 1. The number of benzene rings is 1. The second kappa shape index (κ2) is 4.47. The Kier molecular flexibility index (Phi) is 2.81. The molecule has 5 nitrogen and oxygen atoms in total. The van der Waals surface area contributed by atoms with Crippen LogP contribution in [0, 0.1) is 0 Å². The van der Waals surface area contributed by atoms with E-state index >= 15 is 0 Å². The Morgan fingerprint density at radius 3 is 3.17 bits per heavy atom. The molecule has 3 aromatic rings. The maximum atomic E-state index is 11.7. The Bertz CT molecular complexity index is 732. The lowest BCUT2D eigenvalue weighted by Gasteiger charge is -2.02. The zero-order valence-corrected chi connectivity index (χ0v) is 10.7. The first-order chi connectivity index (χ1) is 8.74. The molecular formula is C11H8ClN3O2S. The summed E-state index contributed by atoms with van der Waals surface area (Å²) in [4.78, 5) is 15.8. The van der Waals surface area contributed by atoms with Crippen LogP contribution in [0.4, 0.5) is 5.13 Å². The molecule has 0 aliphatic carbocycles. The van der Waals surface area contributed by atoms with E-state index < -0.39 is 5.76 Å². The van der Waals surface area contributed by atoms with Crippen LogP contribution in [0.25, 0.3) is 11.1 Å². The first kappa shape index (κ1) is 11.3. The van der Waals surface area contributed by atoms with Gasteiger partial charge in [0.2, 0.25) is 0 Å². The number of anilines is 1. The van der Waals surface area contributed by atoms with Crippen LogP contribution in [-0.4, -0.2) is 9.55 Å². The van der Waals surface area contributed by atoms with Crippen molar-refractivity contribution in [1.29, 1.82) is 0 Å². The van der Waals surface area contributed by atoms with Crippen molar-refractivity contribution < 1.29 is 4.42 Å². The molecule has 0 amide bonds. The summed E-state index contributed by atoms with van der Waals surface area (Å²) in [6.45, 7) is 0.307. The fraction of sp³-hybridized carbons (Fsp3) is 0.0909. The van der Waals surface area contributed by atoms with Crippen LogP contribution in [0.3, 0.4) is 0 Å². The van der Waals surface area contributed by atoms with Crippen molar-refractivity contribution in [2.75, 3.05) is 5.32 Å². The van der Waals surface area contributed by atoms with Crippen molar-refractivity contribution in [3.05, 3.63) is 45.3 Å². The van der Waals surface area contributed by atoms with Crippen molar-refractivity contribution >= 4 is 39.2 Å². The van der Waals surface area contributed by atoms with Gasteiger partial charge in [-0.25, -0.2) is 9.78 Å². The Balaban J connectivity index is 1.96. The molecule has 2 aromatic heterocycles. The van der Waals surface area contributed by atoms with E-state index in [2.05, 4.69) is 10.3 Å². The number of rotatable bonds is 3. The monoisotopic (exact) mass is 281 g/mol. The number of fused-ring (bicyclic) bond motifs is 1. The van der Waals surface area contributed by atoms with Crippen molar-refractivity contribution in [2.24, 2.45) is 0 Å². The quantitative estimate of drug-likeness (QED) is 0.802. The molecule has 3 rings (SSSR count). The smallest absolute Gasteiger partial charge is 0.408 e. The molecule has 0 unspecified atom stereocenters. The van der Waals surface area contributed by atoms with Crippen molar-refractivity contribution in [3.63, 3.8) is 0 Å². The highest BCUT2D eigenvalue weighted by Crippen LogP contribution is 2.18. The molecule has 7 heteroatoms. The Hall–Kier alpha value is -1.79. The van der Waals surface area contributed by atoms with E-state index in [1.54, 1.807) is 24.4 Å². The van der Waals surface area contributed by atoms with Crippen LogP contribution in [0.2, 0.25) is 5.02 Å². The zero-order valence-electron chi connectivity index (χ0n) is 9.09. The van der Waals surface area contributed by atoms with Crippen LogP contribution >= 0.6 is 22.9 Å². The lowest BCUT2D eigenvalue weighted by molar-refractivity contribution is 0.515. The molecule has 0 saturated carbocycles. The third kappa shape index (κ3) is 2.00. The van der Waals surface area contributed by atoms with Gasteiger partial charge in [0.1, 0.15) is 6.67 Å². The van der Waals surface area contributed by atoms with Gasteiger partial charge < -0.3 is 9.73 Å². The number of nitrogens with one attached hydrogen (secondary N) is 1. The van der Waals surface area contributed by atoms with Gasteiger partial charge >= 0.3 is 5.76 Å².